The Morgan fingerprint density at radius 1 is 1.62 bits per heavy atom. The maximum atomic E-state index is 11.2. The zero-order chi connectivity index (χ0) is 10.0. The van der Waals surface area contributed by atoms with Crippen molar-refractivity contribution in [2.75, 3.05) is 31.8 Å². The molecule has 1 aromatic heterocycles. The monoisotopic (exact) mass is 200 g/mol. The Labute approximate surface area is 80.9 Å². The van der Waals surface area contributed by atoms with E-state index in [-0.39, 0.29) is 5.97 Å². The van der Waals surface area contributed by atoms with Crippen LogP contribution in [0, 0.1) is 0 Å². The van der Waals surface area contributed by atoms with Gasteiger partial charge in [0.15, 0.2) is 0 Å². The molecule has 0 bridgehead atoms. The summed E-state index contributed by atoms with van der Waals surface area (Å²) in [5.74, 6) is -0.379. The topological polar surface area (TPSA) is 55.6 Å². The number of anilines is 2. The summed E-state index contributed by atoms with van der Waals surface area (Å²) in [5.41, 5.74) is 6.11. The number of nitrogens with zero attached hydrogens (tertiary/aromatic N) is 1. The molecule has 0 unspecified atom stereocenters. The Bertz CT molecular complexity index is 320. The maximum absolute atomic E-state index is 11.2. The minimum absolute atomic E-state index is 0.379. The number of methoxy groups -OCH3 is 1. The van der Waals surface area contributed by atoms with Crippen molar-refractivity contribution in [2.24, 2.45) is 0 Å². The van der Waals surface area contributed by atoms with Crippen molar-refractivity contribution in [3.8, 4) is 0 Å². The molecule has 0 aliphatic heterocycles. The molecule has 72 valence electrons. The minimum Gasteiger partial charge on any atom is -0.465 e. The first kappa shape index (κ1) is 9.85. The van der Waals surface area contributed by atoms with Crippen molar-refractivity contribution in [3.05, 3.63) is 10.9 Å². The zero-order valence-corrected chi connectivity index (χ0v) is 8.64. The number of hydrogen-bond donors (Lipinski definition) is 1. The van der Waals surface area contributed by atoms with E-state index >= 15 is 0 Å². The third-order valence-corrected chi connectivity index (χ3v) is 2.86. The Morgan fingerprint density at radius 2 is 2.23 bits per heavy atom. The van der Waals surface area contributed by atoms with Crippen LogP contribution in [0.1, 0.15) is 9.67 Å². The molecule has 0 saturated carbocycles. The van der Waals surface area contributed by atoms with Crippen LogP contribution in [0.5, 0.6) is 0 Å². The highest BCUT2D eigenvalue weighted by atomic mass is 32.1. The highest BCUT2D eigenvalue weighted by Crippen LogP contribution is 2.31. The highest BCUT2D eigenvalue weighted by Gasteiger charge is 2.15. The number of nitrogen functional groups attached to an aromatic ring is 1. The van der Waals surface area contributed by atoms with Gasteiger partial charge >= 0.3 is 5.97 Å². The molecular formula is C8H12N2O2S. The van der Waals surface area contributed by atoms with Gasteiger partial charge in [-0.05, 0) is 6.07 Å². The average Bonchev–Trinajstić information content (AvgIpc) is 2.46. The van der Waals surface area contributed by atoms with E-state index in [1.54, 1.807) is 6.07 Å². The van der Waals surface area contributed by atoms with E-state index in [2.05, 4.69) is 4.74 Å². The van der Waals surface area contributed by atoms with Crippen LogP contribution in [0.25, 0.3) is 0 Å². The van der Waals surface area contributed by atoms with Crippen LogP contribution in [0.4, 0.5) is 10.7 Å². The van der Waals surface area contributed by atoms with Gasteiger partial charge in [-0.1, -0.05) is 0 Å². The molecule has 1 aromatic rings. The van der Waals surface area contributed by atoms with E-state index in [0.29, 0.717) is 10.6 Å². The molecule has 0 amide bonds. The van der Waals surface area contributed by atoms with Crippen LogP contribution >= 0.6 is 11.3 Å². The fraction of sp³-hybridized carbons (Fsp3) is 0.375. The Morgan fingerprint density at radius 3 is 2.62 bits per heavy atom. The summed E-state index contributed by atoms with van der Waals surface area (Å²) in [5, 5.41) is 0.943. The summed E-state index contributed by atoms with van der Waals surface area (Å²) in [6.45, 7) is 0. The second-order valence-electron chi connectivity index (χ2n) is 2.76. The molecule has 0 fully saturated rings. The van der Waals surface area contributed by atoms with Crippen LogP contribution in [0.3, 0.4) is 0 Å². The van der Waals surface area contributed by atoms with Gasteiger partial charge in [0.1, 0.15) is 4.88 Å². The largest absolute Gasteiger partial charge is 0.465 e. The summed E-state index contributed by atoms with van der Waals surface area (Å²) < 4.78 is 4.58. The Balaban J connectivity index is 3.03. The van der Waals surface area contributed by atoms with E-state index in [0.717, 1.165) is 5.00 Å². The van der Waals surface area contributed by atoms with Gasteiger partial charge in [-0.2, -0.15) is 0 Å². The second-order valence-corrected chi connectivity index (χ2v) is 3.79. The van der Waals surface area contributed by atoms with E-state index in [9.17, 15) is 4.79 Å². The van der Waals surface area contributed by atoms with Gasteiger partial charge in [-0.3, -0.25) is 0 Å². The fourth-order valence-electron chi connectivity index (χ4n) is 0.864. The molecule has 0 spiro atoms. The van der Waals surface area contributed by atoms with Crippen LogP contribution in [-0.4, -0.2) is 27.2 Å². The average molecular weight is 200 g/mol. The number of thiophene rings is 1. The van der Waals surface area contributed by atoms with E-state index < -0.39 is 0 Å². The molecule has 0 saturated heterocycles. The molecule has 0 radical (unpaired) electrons. The first-order valence-corrected chi connectivity index (χ1v) is 4.53. The normalized spacial score (nSPS) is 9.77. The molecule has 13 heavy (non-hydrogen) atoms. The number of carbonyl (C=O) groups is 1. The SMILES string of the molecule is COC(=O)c1sc(N(C)C)cc1N. The lowest BCUT2D eigenvalue weighted by Gasteiger charge is -2.06. The number of esters is 1. The summed E-state index contributed by atoms with van der Waals surface area (Å²) in [7, 11) is 5.13. The van der Waals surface area contributed by atoms with Gasteiger partial charge in [0.05, 0.1) is 17.8 Å². The van der Waals surface area contributed by atoms with Crippen LogP contribution in [0.15, 0.2) is 6.07 Å². The fourth-order valence-corrected chi connectivity index (χ4v) is 1.79. The van der Waals surface area contributed by atoms with Crippen molar-refractivity contribution in [1.82, 2.24) is 0 Å². The van der Waals surface area contributed by atoms with Gasteiger partial charge in [-0.15, -0.1) is 11.3 Å². The molecule has 1 rings (SSSR count). The number of carbonyl (C=O) groups excluding carboxylic acids is 1. The molecule has 0 atom stereocenters. The number of rotatable bonds is 2. The third-order valence-electron chi connectivity index (χ3n) is 1.56. The molecule has 5 heteroatoms. The van der Waals surface area contributed by atoms with E-state index in [4.69, 9.17) is 5.73 Å². The van der Waals surface area contributed by atoms with Gasteiger partial charge in [-0.25, -0.2) is 4.79 Å². The van der Waals surface area contributed by atoms with Crippen LogP contribution in [-0.2, 0) is 4.74 Å². The summed E-state index contributed by atoms with van der Waals surface area (Å²) in [4.78, 5) is 13.5. The summed E-state index contributed by atoms with van der Waals surface area (Å²) >= 11 is 1.33. The predicted molar refractivity (Wildman–Crippen MR) is 54.4 cm³/mol. The van der Waals surface area contributed by atoms with Crippen molar-refractivity contribution in [2.45, 2.75) is 0 Å². The van der Waals surface area contributed by atoms with Gasteiger partial charge in [0.25, 0.3) is 0 Å². The highest BCUT2D eigenvalue weighted by molar-refractivity contribution is 7.18. The van der Waals surface area contributed by atoms with Crippen molar-refractivity contribution in [1.29, 1.82) is 0 Å². The lowest BCUT2D eigenvalue weighted by atomic mass is 10.4. The molecule has 2 N–H and O–H groups in total. The lowest BCUT2D eigenvalue weighted by molar-refractivity contribution is 0.0607. The first-order chi connectivity index (χ1) is 6.06. The second kappa shape index (κ2) is 3.66. The van der Waals surface area contributed by atoms with Crippen molar-refractivity contribution < 1.29 is 9.53 Å². The first-order valence-electron chi connectivity index (χ1n) is 3.71. The summed E-state index contributed by atoms with van der Waals surface area (Å²) in [6.07, 6.45) is 0. The quantitative estimate of drug-likeness (QED) is 0.728. The van der Waals surface area contributed by atoms with Gasteiger partial charge < -0.3 is 15.4 Å². The molecule has 4 nitrogen and oxygen atoms in total. The molecular weight excluding hydrogens is 188 g/mol. The Kier molecular flexibility index (Phi) is 2.77. The van der Waals surface area contributed by atoms with Crippen molar-refractivity contribution in [3.63, 3.8) is 0 Å². The lowest BCUT2D eigenvalue weighted by Crippen LogP contribution is -2.06. The Hall–Kier alpha value is -1.23. The number of hydrogen-bond acceptors (Lipinski definition) is 5. The minimum atomic E-state index is -0.379. The summed E-state index contributed by atoms with van der Waals surface area (Å²) in [6, 6.07) is 1.76. The van der Waals surface area contributed by atoms with Crippen molar-refractivity contribution >= 4 is 28.0 Å². The zero-order valence-electron chi connectivity index (χ0n) is 7.83. The standard InChI is InChI=1S/C8H12N2O2S/c1-10(2)6-4-5(9)7(13-6)8(11)12-3/h4H,9H2,1-3H3. The van der Waals surface area contributed by atoms with E-state index in [1.807, 2.05) is 19.0 Å². The smallest absolute Gasteiger partial charge is 0.350 e. The predicted octanol–water partition coefficient (Wildman–Crippen LogP) is 1.18. The molecule has 0 aromatic carbocycles. The molecule has 1 heterocycles. The van der Waals surface area contributed by atoms with Crippen LogP contribution in [0.2, 0.25) is 0 Å². The van der Waals surface area contributed by atoms with Gasteiger partial charge in [0, 0.05) is 14.1 Å². The maximum Gasteiger partial charge on any atom is 0.350 e. The van der Waals surface area contributed by atoms with Crippen LogP contribution < -0.4 is 10.6 Å². The molecule has 0 aliphatic rings. The number of ether oxygens (including phenoxy) is 1. The third kappa shape index (κ3) is 1.92. The van der Waals surface area contributed by atoms with Gasteiger partial charge in [0.2, 0.25) is 0 Å². The number of nitrogens with two attached hydrogens (primary N) is 1. The molecule has 0 aliphatic carbocycles. The van der Waals surface area contributed by atoms with E-state index in [1.165, 1.54) is 18.4 Å².